The predicted octanol–water partition coefficient (Wildman–Crippen LogP) is 3.59. The Kier molecular flexibility index (Phi) is 5.09. The average Bonchev–Trinajstić information content (AvgIpc) is 2.94. The van der Waals surface area contributed by atoms with E-state index in [1.165, 1.54) is 6.07 Å². The van der Waals surface area contributed by atoms with E-state index in [1.807, 2.05) is 31.2 Å². The van der Waals surface area contributed by atoms with Crippen LogP contribution in [-0.2, 0) is 4.79 Å². The molecule has 2 aromatic rings. The molecule has 0 aliphatic carbocycles. The van der Waals surface area contributed by atoms with Crippen LogP contribution >= 0.6 is 11.8 Å². The van der Waals surface area contributed by atoms with Crippen molar-refractivity contribution in [1.29, 1.82) is 0 Å². The highest BCUT2D eigenvalue weighted by molar-refractivity contribution is 8.18. The number of rotatable bonds is 4. The zero-order chi connectivity index (χ0) is 18.7. The lowest BCUT2D eigenvalue weighted by molar-refractivity contribution is -0.115. The van der Waals surface area contributed by atoms with Gasteiger partial charge in [-0.3, -0.25) is 4.79 Å². The summed E-state index contributed by atoms with van der Waals surface area (Å²) in [5.74, 6) is -0.696. The number of methoxy groups -OCH3 is 1. The molecule has 0 saturated carbocycles. The molecule has 6 nitrogen and oxygen atoms in total. The summed E-state index contributed by atoms with van der Waals surface area (Å²) in [6.45, 7) is 1.85. The molecule has 0 unspecified atom stereocenters. The highest BCUT2D eigenvalue weighted by atomic mass is 32.2. The molecule has 1 aliphatic rings. The lowest BCUT2D eigenvalue weighted by Gasteiger charge is -2.04. The number of nitrogens with one attached hydrogen (secondary N) is 1. The van der Waals surface area contributed by atoms with Gasteiger partial charge in [0.2, 0.25) is 0 Å². The van der Waals surface area contributed by atoms with Gasteiger partial charge in [0.15, 0.2) is 5.17 Å². The minimum absolute atomic E-state index is 0.0834. The monoisotopic (exact) mass is 368 g/mol. The van der Waals surface area contributed by atoms with Crippen LogP contribution in [0, 0.1) is 6.92 Å². The maximum absolute atomic E-state index is 12.2. The number of thioether (sulfide) groups is 1. The van der Waals surface area contributed by atoms with Gasteiger partial charge in [0.1, 0.15) is 5.75 Å². The minimum atomic E-state index is -1.07. The smallest absolute Gasteiger partial charge is 0.337 e. The van der Waals surface area contributed by atoms with E-state index in [0.717, 1.165) is 22.9 Å². The molecule has 3 rings (SSSR count). The number of nitrogens with zero attached hydrogens (tertiary/aromatic N) is 1. The largest absolute Gasteiger partial charge is 0.496 e. The third-order valence-corrected chi connectivity index (χ3v) is 4.59. The number of amides is 1. The van der Waals surface area contributed by atoms with E-state index in [9.17, 15) is 14.7 Å². The van der Waals surface area contributed by atoms with Gasteiger partial charge >= 0.3 is 5.97 Å². The highest BCUT2D eigenvalue weighted by Gasteiger charge is 2.25. The Bertz CT molecular complexity index is 950. The Hall–Kier alpha value is -3.06. The molecule has 1 aliphatic heterocycles. The number of carbonyl (C=O) groups excluding carboxylic acids is 1. The van der Waals surface area contributed by atoms with Crippen LogP contribution in [-0.4, -0.2) is 29.3 Å². The Balaban J connectivity index is 1.93. The van der Waals surface area contributed by atoms with Crippen molar-refractivity contribution in [3.63, 3.8) is 0 Å². The van der Waals surface area contributed by atoms with Crippen molar-refractivity contribution < 1.29 is 19.4 Å². The van der Waals surface area contributed by atoms with E-state index in [-0.39, 0.29) is 11.5 Å². The van der Waals surface area contributed by atoms with Gasteiger partial charge in [-0.2, -0.15) is 0 Å². The van der Waals surface area contributed by atoms with E-state index in [1.54, 1.807) is 25.3 Å². The molecule has 1 heterocycles. The number of aliphatic imine (C=N–C) groups is 1. The number of carboxylic acid groups (broad SMARTS) is 1. The third-order valence-electron chi connectivity index (χ3n) is 3.68. The van der Waals surface area contributed by atoms with Crippen LogP contribution in [0.5, 0.6) is 5.75 Å². The van der Waals surface area contributed by atoms with Crippen molar-refractivity contribution in [3.8, 4) is 5.75 Å². The molecular formula is C19H16N2O4S. The van der Waals surface area contributed by atoms with Crippen molar-refractivity contribution in [3.05, 3.63) is 64.1 Å². The van der Waals surface area contributed by atoms with Crippen molar-refractivity contribution in [2.24, 2.45) is 4.99 Å². The molecule has 0 radical (unpaired) electrons. The Morgan fingerprint density at radius 1 is 1.27 bits per heavy atom. The molecule has 0 bridgehead atoms. The third kappa shape index (κ3) is 3.78. The van der Waals surface area contributed by atoms with Gasteiger partial charge in [0.05, 0.1) is 23.3 Å². The molecule has 0 aromatic heterocycles. The molecule has 7 heteroatoms. The number of carboxylic acids is 1. The summed E-state index contributed by atoms with van der Waals surface area (Å²) in [5, 5.41) is 12.3. The summed E-state index contributed by atoms with van der Waals surface area (Å²) < 4.78 is 5.29. The maximum Gasteiger partial charge on any atom is 0.337 e. The first-order chi connectivity index (χ1) is 12.5. The van der Waals surface area contributed by atoms with E-state index in [0.29, 0.717) is 21.5 Å². The average molecular weight is 368 g/mol. The van der Waals surface area contributed by atoms with E-state index >= 15 is 0 Å². The highest BCUT2D eigenvalue weighted by Crippen LogP contribution is 2.31. The van der Waals surface area contributed by atoms with Gasteiger partial charge in [-0.1, -0.05) is 24.3 Å². The fourth-order valence-corrected chi connectivity index (χ4v) is 3.26. The van der Waals surface area contributed by atoms with Gasteiger partial charge in [-0.15, -0.1) is 0 Å². The minimum Gasteiger partial charge on any atom is -0.496 e. The van der Waals surface area contributed by atoms with Crippen LogP contribution in [0.2, 0.25) is 0 Å². The van der Waals surface area contributed by atoms with Crippen LogP contribution in [0.25, 0.3) is 6.08 Å². The Morgan fingerprint density at radius 3 is 2.77 bits per heavy atom. The Morgan fingerprint density at radius 2 is 2.04 bits per heavy atom. The number of aromatic carboxylic acids is 1. The first-order valence-electron chi connectivity index (χ1n) is 7.74. The van der Waals surface area contributed by atoms with Crippen LogP contribution in [0.1, 0.15) is 21.5 Å². The predicted molar refractivity (Wildman–Crippen MR) is 102 cm³/mol. The fraction of sp³-hybridized carbons (Fsp3) is 0.105. The number of hydrogen-bond acceptors (Lipinski definition) is 5. The topological polar surface area (TPSA) is 88.0 Å². The lowest BCUT2D eigenvalue weighted by Crippen LogP contribution is -2.19. The van der Waals surface area contributed by atoms with Crippen LogP contribution in [0.4, 0.5) is 5.69 Å². The summed E-state index contributed by atoms with van der Waals surface area (Å²) in [6.07, 6.45) is 1.72. The Labute approximate surface area is 154 Å². The van der Waals surface area contributed by atoms with Crippen LogP contribution in [0.3, 0.4) is 0 Å². The molecule has 2 aromatic carbocycles. The van der Waals surface area contributed by atoms with Gasteiger partial charge in [-0.25, -0.2) is 9.79 Å². The number of aryl methyl sites for hydroxylation is 1. The van der Waals surface area contributed by atoms with Gasteiger partial charge in [0.25, 0.3) is 5.91 Å². The molecule has 1 saturated heterocycles. The standard InChI is InChI=1S/C19H16N2O4S/c1-11-7-8-13(18(23)24)14(9-11)20-19-21-17(22)16(26-19)10-12-5-3-4-6-15(12)25-2/h3-10H,1-2H3,(H,23,24)(H,20,21,22)/b16-10-. The van der Waals surface area contributed by atoms with Crippen molar-refractivity contribution in [2.75, 3.05) is 7.11 Å². The normalized spacial score (nSPS) is 16.8. The van der Waals surface area contributed by atoms with Crippen molar-refractivity contribution in [2.45, 2.75) is 6.92 Å². The number of carbonyl (C=O) groups is 2. The van der Waals surface area contributed by atoms with Crippen LogP contribution < -0.4 is 10.1 Å². The quantitative estimate of drug-likeness (QED) is 0.805. The fourth-order valence-electron chi connectivity index (χ4n) is 2.43. The van der Waals surface area contributed by atoms with Gasteiger partial charge in [0, 0.05) is 5.56 Å². The molecule has 26 heavy (non-hydrogen) atoms. The van der Waals surface area contributed by atoms with E-state index in [2.05, 4.69) is 10.3 Å². The molecule has 1 fully saturated rings. The van der Waals surface area contributed by atoms with Crippen molar-refractivity contribution >= 4 is 40.6 Å². The van der Waals surface area contributed by atoms with Crippen molar-refractivity contribution in [1.82, 2.24) is 5.32 Å². The summed E-state index contributed by atoms with van der Waals surface area (Å²) >= 11 is 1.16. The summed E-state index contributed by atoms with van der Waals surface area (Å²) in [4.78, 5) is 28.4. The molecule has 0 atom stereocenters. The van der Waals surface area contributed by atoms with Gasteiger partial charge in [-0.05, 0) is 48.5 Å². The number of hydrogen-bond donors (Lipinski definition) is 2. The number of amidine groups is 1. The zero-order valence-corrected chi connectivity index (χ0v) is 15.0. The summed E-state index contributed by atoms with van der Waals surface area (Å²) in [6, 6.07) is 12.2. The first kappa shape index (κ1) is 17.8. The summed E-state index contributed by atoms with van der Waals surface area (Å²) in [7, 11) is 1.57. The molecule has 2 N–H and O–H groups in total. The first-order valence-corrected chi connectivity index (χ1v) is 8.56. The van der Waals surface area contributed by atoms with E-state index in [4.69, 9.17) is 4.74 Å². The van der Waals surface area contributed by atoms with Crippen LogP contribution in [0.15, 0.2) is 52.4 Å². The zero-order valence-electron chi connectivity index (χ0n) is 14.1. The molecular weight excluding hydrogens is 352 g/mol. The molecule has 1 amide bonds. The summed E-state index contributed by atoms with van der Waals surface area (Å²) in [5.41, 5.74) is 2.04. The maximum atomic E-state index is 12.2. The second-order valence-corrected chi connectivity index (χ2v) is 6.58. The second-order valence-electron chi connectivity index (χ2n) is 5.55. The van der Waals surface area contributed by atoms with E-state index < -0.39 is 5.97 Å². The van der Waals surface area contributed by atoms with Gasteiger partial charge < -0.3 is 15.2 Å². The number of benzene rings is 2. The molecule has 132 valence electrons. The second kappa shape index (κ2) is 7.45. The lowest BCUT2D eigenvalue weighted by atomic mass is 10.1. The number of para-hydroxylation sites is 1. The SMILES string of the molecule is COc1ccccc1/C=C1\SC(=Nc2cc(C)ccc2C(=O)O)NC1=O. The molecule has 0 spiro atoms. The number of ether oxygens (including phenoxy) is 1.